The van der Waals surface area contributed by atoms with Crippen LogP contribution in [0.1, 0.15) is 20.8 Å². The van der Waals surface area contributed by atoms with Crippen molar-refractivity contribution in [2.75, 3.05) is 7.11 Å². The van der Waals surface area contributed by atoms with Crippen LogP contribution in [0.2, 0.25) is 0 Å². The number of ether oxygens (including phenoxy) is 4. The molecule has 0 aromatic heterocycles. The van der Waals surface area contributed by atoms with Gasteiger partial charge >= 0.3 is 11.9 Å². The lowest BCUT2D eigenvalue weighted by Crippen LogP contribution is -2.55. The lowest BCUT2D eigenvalue weighted by molar-refractivity contribution is -0.249. The highest BCUT2D eigenvalue weighted by atomic mass is 16.7. The Hall–Kier alpha value is -2.80. The second kappa shape index (κ2) is 8.06. The minimum absolute atomic E-state index is 0.0789. The molecule has 2 aromatic carbocycles. The Morgan fingerprint density at radius 2 is 1.71 bits per heavy atom. The molecule has 0 aliphatic carbocycles. The number of benzene rings is 2. The maximum Gasteiger partial charge on any atom is 0.335 e. The van der Waals surface area contributed by atoms with Gasteiger partial charge in [0.15, 0.2) is 23.7 Å². The molecule has 0 spiro atoms. The van der Waals surface area contributed by atoms with Crippen molar-refractivity contribution >= 4 is 22.7 Å². The third kappa shape index (κ3) is 3.89. The van der Waals surface area contributed by atoms with E-state index < -0.39 is 30.4 Å². The number of hydrogen-bond donors (Lipinski definition) is 1. The minimum atomic E-state index is -1.08. The molecule has 1 aliphatic rings. The van der Waals surface area contributed by atoms with Crippen molar-refractivity contribution in [3.8, 4) is 11.5 Å². The number of carbonyl (C=O) groups excluding carboxylic acids is 2. The summed E-state index contributed by atoms with van der Waals surface area (Å²) >= 11 is 0. The van der Waals surface area contributed by atoms with Crippen LogP contribution < -0.4 is 4.74 Å². The van der Waals surface area contributed by atoms with E-state index in [0.29, 0.717) is 0 Å². The van der Waals surface area contributed by atoms with Crippen molar-refractivity contribution in [3.05, 3.63) is 36.4 Å². The molecular weight excluding hydrogens is 364 g/mol. The van der Waals surface area contributed by atoms with Crippen LogP contribution >= 0.6 is 0 Å². The van der Waals surface area contributed by atoms with Gasteiger partial charge < -0.3 is 24.1 Å². The van der Waals surface area contributed by atoms with E-state index in [9.17, 15) is 14.7 Å². The highest BCUT2D eigenvalue weighted by Gasteiger charge is 2.48. The van der Waals surface area contributed by atoms with E-state index in [1.165, 1.54) is 14.0 Å². The van der Waals surface area contributed by atoms with Crippen molar-refractivity contribution in [2.24, 2.45) is 11.8 Å². The monoisotopic (exact) mass is 388 g/mol. The van der Waals surface area contributed by atoms with Gasteiger partial charge in [0.05, 0.1) is 7.11 Å². The Morgan fingerprint density at radius 1 is 1.07 bits per heavy atom. The molecule has 0 bridgehead atoms. The second-order valence-corrected chi connectivity index (χ2v) is 7.03. The summed E-state index contributed by atoms with van der Waals surface area (Å²) in [4.78, 5) is 23.7. The standard InChI is InChI=1S/C21H24O7/c1-11-12(2)19(26-13(3)22)21(28-18(11)20(24)25-4)27-17-10-15-8-6-5-7-14(15)9-16(17)23/h5-12,18-19,21,23H,1-4H3. The number of rotatable bonds is 4. The Labute approximate surface area is 163 Å². The first-order chi connectivity index (χ1) is 13.3. The Kier molecular flexibility index (Phi) is 5.74. The molecule has 1 heterocycles. The molecule has 2 aromatic rings. The van der Waals surface area contributed by atoms with Crippen LogP contribution in [0.15, 0.2) is 36.4 Å². The normalized spacial score (nSPS) is 27.2. The van der Waals surface area contributed by atoms with E-state index in [1.54, 1.807) is 12.1 Å². The van der Waals surface area contributed by atoms with Crippen molar-refractivity contribution in [1.82, 2.24) is 0 Å². The first-order valence-corrected chi connectivity index (χ1v) is 9.10. The van der Waals surface area contributed by atoms with Gasteiger partial charge in [-0.15, -0.1) is 0 Å². The highest BCUT2D eigenvalue weighted by Crippen LogP contribution is 2.38. The molecule has 0 saturated carbocycles. The van der Waals surface area contributed by atoms with Gasteiger partial charge in [-0.05, 0) is 28.8 Å². The lowest BCUT2D eigenvalue weighted by atomic mass is 9.83. The third-order valence-electron chi connectivity index (χ3n) is 5.18. The predicted molar refractivity (Wildman–Crippen MR) is 101 cm³/mol. The Morgan fingerprint density at radius 3 is 2.32 bits per heavy atom. The zero-order valence-corrected chi connectivity index (χ0v) is 16.2. The maximum atomic E-state index is 12.1. The number of carbonyl (C=O) groups is 2. The van der Waals surface area contributed by atoms with E-state index in [4.69, 9.17) is 18.9 Å². The molecule has 1 aliphatic heterocycles. The molecule has 5 atom stereocenters. The fourth-order valence-corrected chi connectivity index (χ4v) is 3.43. The van der Waals surface area contributed by atoms with Crippen molar-refractivity contribution in [3.63, 3.8) is 0 Å². The number of methoxy groups -OCH3 is 1. The Bertz CT molecular complexity index is 878. The zero-order chi connectivity index (χ0) is 20.4. The van der Waals surface area contributed by atoms with Gasteiger partial charge in [-0.1, -0.05) is 38.1 Å². The molecule has 0 radical (unpaired) electrons. The summed E-state index contributed by atoms with van der Waals surface area (Å²) in [6, 6.07) is 10.8. The molecular formula is C21H24O7. The lowest BCUT2D eigenvalue weighted by Gasteiger charge is -2.42. The molecule has 1 saturated heterocycles. The molecule has 0 amide bonds. The maximum absolute atomic E-state index is 12.1. The highest BCUT2D eigenvalue weighted by molar-refractivity contribution is 5.85. The molecule has 5 unspecified atom stereocenters. The first-order valence-electron chi connectivity index (χ1n) is 9.10. The molecule has 1 fully saturated rings. The van der Waals surface area contributed by atoms with Gasteiger partial charge in [0.25, 0.3) is 0 Å². The van der Waals surface area contributed by atoms with Gasteiger partial charge in [-0.3, -0.25) is 4.79 Å². The SMILES string of the molecule is COC(=O)C1OC(Oc2cc3ccccc3cc2O)C(OC(C)=O)C(C)C1C. The topological polar surface area (TPSA) is 91.3 Å². The fourth-order valence-electron chi connectivity index (χ4n) is 3.43. The molecule has 3 rings (SSSR count). The smallest absolute Gasteiger partial charge is 0.335 e. The largest absolute Gasteiger partial charge is 0.504 e. The summed E-state index contributed by atoms with van der Waals surface area (Å²) in [5, 5.41) is 12.1. The van der Waals surface area contributed by atoms with Gasteiger partial charge in [-0.2, -0.15) is 0 Å². The van der Waals surface area contributed by atoms with Gasteiger partial charge in [0, 0.05) is 12.8 Å². The van der Waals surface area contributed by atoms with Crippen molar-refractivity contribution in [1.29, 1.82) is 0 Å². The van der Waals surface area contributed by atoms with Crippen LogP contribution in [-0.2, 0) is 23.8 Å². The summed E-state index contributed by atoms with van der Waals surface area (Å²) in [7, 11) is 1.28. The molecule has 7 heteroatoms. The first kappa shape index (κ1) is 19.9. The van der Waals surface area contributed by atoms with Crippen LogP contribution in [0, 0.1) is 11.8 Å². The van der Waals surface area contributed by atoms with E-state index >= 15 is 0 Å². The van der Waals surface area contributed by atoms with Gasteiger partial charge in [-0.25, -0.2) is 4.79 Å². The van der Waals surface area contributed by atoms with Crippen LogP contribution in [-0.4, -0.2) is 42.7 Å². The minimum Gasteiger partial charge on any atom is -0.504 e. The summed E-state index contributed by atoms with van der Waals surface area (Å²) in [5.41, 5.74) is 0. The number of hydrogen-bond acceptors (Lipinski definition) is 7. The average molecular weight is 388 g/mol. The molecule has 150 valence electrons. The van der Waals surface area contributed by atoms with Crippen LogP contribution in [0.25, 0.3) is 10.8 Å². The number of esters is 2. The molecule has 7 nitrogen and oxygen atoms in total. The van der Waals surface area contributed by atoms with Crippen LogP contribution in [0.5, 0.6) is 11.5 Å². The summed E-state index contributed by atoms with van der Waals surface area (Å²) in [5.74, 6) is -1.43. The summed E-state index contributed by atoms with van der Waals surface area (Å²) < 4.78 is 22.0. The van der Waals surface area contributed by atoms with E-state index in [-0.39, 0.29) is 23.3 Å². The number of fused-ring (bicyclic) bond motifs is 1. The zero-order valence-electron chi connectivity index (χ0n) is 16.2. The number of phenols is 1. The van der Waals surface area contributed by atoms with E-state index in [1.807, 2.05) is 38.1 Å². The van der Waals surface area contributed by atoms with Crippen molar-refractivity contribution < 1.29 is 33.6 Å². The van der Waals surface area contributed by atoms with Crippen molar-refractivity contribution in [2.45, 2.75) is 39.3 Å². The average Bonchev–Trinajstić information content (AvgIpc) is 2.67. The van der Waals surface area contributed by atoms with Crippen LogP contribution in [0.3, 0.4) is 0 Å². The van der Waals surface area contributed by atoms with E-state index in [0.717, 1.165) is 10.8 Å². The second-order valence-electron chi connectivity index (χ2n) is 7.03. The summed E-state index contributed by atoms with van der Waals surface area (Å²) in [6.45, 7) is 4.98. The quantitative estimate of drug-likeness (QED) is 0.805. The molecule has 1 N–H and O–H groups in total. The fraction of sp³-hybridized carbons (Fsp3) is 0.429. The van der Waals surface area contributed by atoms with Gasteiger partial charge in [0.2, 0.25) is 6.29 Å². The summed E-state index contributed by atoms with van der Waals surface area (Å²) in [6.07, 6.45) is -2.70. The predicted octanol–water partition coefficient (Wildman–Crippen LogP) is 3.03. The van der Waals surface area contributed by atoms with Gasteiger partial charge in [0.1, 0.15) is 0 Å². The number of aromatic hydroxyl groups is 1. The van der Waals surface area contributed by atoms with Crippen LogP contribution in [0.4, 0.5) is 0 Å². The molecule has 28 heavy (non-hydrogen) atoms. The Balaban J connectivity index is 1.94. The number of phenolic OH excluding ortho intramolecular Hbond substituents is 1. The third-order valence-corrected chi connectivity index (χ3v) is 5.18. The van der Waals surface area contributed by atoms with E-state index in [2.05, 4.69) is 0 Å².